The van der Waals surface area contributed by atoms with Gasteiger partial charge in [0.05, 0.1) is 22.2 Å². The van der Waals surface area contributed by atoms with E-state index in [1.807, 2.05) is 53.9 Å². The fourth-order valence-electron chi connectivity index (χ4n) is 7.60. The molecule has 0 N–H and O–H groups in total. The number of fused-ring (bicyclic) bond motifs is 9. The number of thiophene rings is 1. The molecule has 0 fully saturated rings. The molecule has 0 aliphatic carbocycles. The van der Waals surface area contributed by atoms with Gasteiger partial charge >= 0.3 is 0 Å². The topological polar surface area (TPSA) is 61.4 Å². The molecule has 6 aromatic carbocycles. The van der Waals surface area contributed by atoms with Crippen LogP contribution in [0.4, 0.5) is 0 Å². The maximum Gasteiger partial charge on any atom is 0.238 e. The van der Waals surface area contributed by atoms with Crippen molar-refractivity contribution in [3.63, 3.8) is 0 Å². The van der Waals surface area contributed by atoms with Crippen LogP contribution in [0.25, 0.3) is 98.3 Å². The standard InChI is InChI=1S/C44H26N6S/c1-2-13-27(14-3-1)41-46-42(48-44(47-41)50-35-20-8-4-15-28(35)29-16-5-9-21-36(29)50)32-18-6-10-22-37(32)49-38-26-40-34(30-17-7-11-23-39(30)51-40)25-33(38)31-19-12-24-45-43(31)49/h1-26H. The number of pyridine rings is 1. The lowest BCUT2D eigenvalue weighted by atomic mass is 10.1. The molecule has 0 aliphatic rings. The molecule has 0 unspecified atom stereocenters. The molecule has 0 saturated carbocycles. The number of rotatable bonds is 4. The van der Waals surface area contributed by atoms with Gasteiger partial charge in [-0.2, -0.15) is 9.97 Å². The molecule has 11 aromatic rings. The van der Waals surface area contributed by atoms with Crippen LogP contribution in [0, 0.1) is 0 Å². The summed E-state index contributed by atoms with van der Waals surface area (Å²) >= 11 is 1.82. The number of hydrogen-bond acceptors (Lipinski definition) is 5. The maximum atomic E-state index is 5.29. The minimum absolute atomic E-state index is 0.568. The van der Waals surface area contributed by atoms with Crippen molar-refractivity contribution in [1.29, 1.82) is 0 Å². The average molecular weight is 671 g/mol. The van der Waals surface area contributed by atoms with Crippen LogP contribution in [0.2, 0.25) is 0 Å². The first-order valence-electron chi connectivity index (χ1n) is 16.9. The fourth-order valence-corrected chi connectivity index (χ4v) is 8.72. The largest absolute Gasteiger partial charge is 0.293 e. The summed E-state index contributed by atoms with van der Waals surface area (Å²) in [5.74, 6) is 1.77. The summed E-state index contributed by atoms with van der Waals surface area (Å²) in [6.07, 6.45) is 1.87. The van der Waals surface area contributed by atoms with Crippen molar-refractivity contribution < 1.29 is 0 Å². The Bertz CT molecular complexity index is 3100. The fraction of sp³-hybridized carbons (Fsp3) is 0. The van der Waals surface area contributed by atoms with Crippen LogP contribution < -0.4 is 0 Å². The zero-order valence-electron chi connectivity index (χ0n) is 27.1. The van der Waals surface area contributed by atoms with Crippen LogP contribution >= 0.6 is 11.3 Å². The quantitative estimate of drug-likeness (QED) is 0.187. The predicted molar refractivity (Wildman–Crippen MR) is 210 cm³/mol. The van der Waals surface area contributed by atoms with Crippen molar-refractivity contribution >= 4 is 75.3 Å². The molecule has 5 heterocycles. The molecule has 0 atom stereocenters. The first-order chi connectivity index (χ1) is 25.3. The summed E-state index contributed by atoms with van der Waals surface area (Å²) in [4.78, 5) is 20.6. The molecule has 5 aromatic heterocycles. The Hall–Kier alpha value is -6.70. The van der Waals surface area contributed by atoms with E-state index in [9.17, 15) is 0 Å². The SMILES string of the molecule is c1ccc(-c2nc(-c3ccccc3-n3c4cc5sc6ccccc6c5cc4c4cccnc43)nc(-n3c4ccccc4c4ccccc43)n2)cc1. The van der Waals surface area contributed by atoms with E-state index in [4.69, 9.17) is 19.9 Å². The average Bonchev–Trinajstić information content (AvgIpc) is 3.84. The van der Waals surface area contributed by atoms with Crippen molar-refractivity contribution in [2.75, 3.05) is 0 Å². The van der Waals surface area contributed by atoms with Crippen LogP contribution in [0.15, 0.2) is 158 Å². The van der Waals surface area contributed by atoms with Crippen LogP contribution in [-0.4, -0.2) is 29.1 Å². The van der Waals surface area contributed by atoms with Gasteiger partial charge in [-0.05, 0) is 54.6 Å². The predicted octanol–water partition coefficient (Wildman–Crippen LogP) is 11.2. The summed E-state index contributed by atoms with van der Waals surface area (Å²) in [6.45, 7) is 0. The zero-order chi connectivity index (χ0) is 33.5. The minimum atomic E-state index is 0.568. The molecule has 0 saturated heterocycles. The lowest BCUT2D eigenvalue weighted by molar-refractivity contribution is 0.951. The third kappa shape index (κ3) is 4.22. The molecular formula is C44H26N6S. The lowest BCUT2D eigenvalue weighted by Gasteiger charge is -2.15. The smallest absolute Gasteiger partial charge is 0.238 e. The lowest BCUT2D eigenvalue weighted by Crippen LogP contribution is -2.07. The Morgan fingerprint density at radius 1 is 0.431 bits per heavy atom. The molecule has 0 radical (unpaired) electrons. The van der Waals surface area contributed by atoms with Gasteiger partial charge in [-0.1, -0.05) is 97.1 Å². The highest BCUT2D eigenvalue weighted by Crippen LogP contribution is 2.41. The molecule has 6 nitrogen and oxygen atoms in total. The number of para-hydroxylation sites is 3. The zero-order valence-corrected chi connectivity index (χ0v) is 27.9. The first kappa shape index (κ1) is 28.2. The van der Waals surface area contributed by atoms with Gasteiger partial charge in [0.15, 0.2) is 11.6 Å². The van der Waals surface area contributed by atoms with E-state index < -0.39 is 0 Å². The van der Waals surface area contributed by atoms with E-state index in [0.29, 0.717) is 17.6 Å². The second-order valence-electron chi connectivity index (χ2n) is 12.7. The highest BCUT2D eigenvalue weighted by molar-refractivity contribution is 7.25. The monoisotopic (exact) mass is 670 g/mol. The van der Waals surface area contributed by atoms with E-state index in [0.717, 1.165) is 60.6 Å². The minimum Gasteiger partial charge on any atom is -0.293 e. The molecule has 11 rings (SSSR count). The number of benzene rings is 6. The summed E-state index contributed by atoms with van der Waals surface area (Å²) < 4.78 is 6.96. The summed E-state index contributed by atoms with van der Waals surface area (Å²) in [6, 6.07) is 52.9. The number of hydrogen-bond donors (Lipinski definition) is 0. The van der Waals surface area contributed by atoms with E-state index in [-0.39, 0.29) is 0 Å². The normalized spacial score (nSPS) is 11.9. The summed E-state index contributed by atoms with van der Waals surface area (Å²) in [5, 5.41) is 7.11. The van der Waals surface area contributed by atoms with E-state index in [1.165, 1.54) is 20.2 Å². The van der Waals surface area contributed by atoms with Crippen molar-refractivity contribution in [1.82, 2.24) is 29.1 Å². The van der Waals surface area contributed by atoms with Crippen molar-refractivity contribution in [2.45, 2.75) is 0 Å². The first-order valence-corrected chi connectivity index (χ1v) is 17.7. The van der Waals surface area contributed by atoms with Gasteiger partial charge in [0.25, 0.3) is 0 Å². The highest BCUT2D eigenvalue weighted by Gasteiger charge is 2.22. The van der Waals surface area contributed by atoms with E-state index in [1.54, 1.807) is 0 Å². The molecule has 7 heteroatoms. The number of nitrogens with zero attached hydrogens (tertiary/aromatic N) is 6. The van der Waals surface area contributed by atoms with Gasteiger partial charge in [0.2, 0.25) is 5.95 Å². The van der Waals surface area contributed by atoms with Crippen LogP contribution in [0.3, 0.4) is 0 Å². The molecule has 0 aliphatic heterocycles. The molecular weight excluding hydrogens is 645 g/mol. The van der Waals surface area contributed by atoms with Crippen molar-refractivity contribution in [3.05, 3.63) is 158 Å². The second kappa shape index (κ2) is 10.9. The van der Waals surface area contributed by atoms with Crippen molar-refractivity contribution in [2.24, 2.45) is 0 Å². The van der Waals surface area contributed by atoms with Gasteiger partial charge in [-0.15, -0.1) is 11.3 Å². The van der Waals surface area contributed by atoms with Crippen LogP contribution in [0.5, 0.6) is 0 Å². The third-order valence-electron chi connectivity index (χ3n) is 9.85. The van der Waals surface area contributed by atoms with Crippen LogP contribution in [0.1, 0.15) is 0 Å². The Morgan fingerprint density at radius 3 is 1.92 bits per heavy atom. The van der Waals surface area contributed by atoms with Gasteiger partial charge in [-0.3, -0.25) is 9.13 Å². The number of aromatic nitrogens is 6. The van der Waals surface area contributed by atoms with Gasteiger partial charge in [0, 0.05) is 59.0 Å². The van der Waals surface area contributed by atoms with Gasteiger partial charge < -0.3 is 0 Å². The second-order valence-corrected chi connectivity index (χ2v) is 13.8. The van der Waals surface area contributed by atoms with Gasteiger partial charge in [0.1, 0.15) is 5.65 Å². The van der Waals surface area contributed by atoms with Crippen LogP contribution in [-0.2, 0) is 0 Å². The van der Waals surface area contributed by atoms with Gasteiger partial charge in [-0.25, -0.2) is 9.97 Å². The Balaban J connectivity index is 1.21. The highest BCUT2D eigenvalue weighted by atomic mass is 32.1. The van der Waals surface area contributed by atoms with E-state index in [2.05, 4.69) is 124 Å². The molecule has 0 bridgehead atoms. The molecule has 51 heavy (non-hydrogen) atoms. The maximum absolute atomic E-state index is 5.29. The Kier molecular flexibility index (Phi) is 6.02. The third-order valence-corrected chi connectivity index (χ3v) is 11.0. The van der Waals surface area contributed by atoms with E-state index >= 15 is 0 Å². The summed E-state index contributed by atoms with van der Waals surface area (Å²) in [7, 11) is 0. The molecule has 0 spiro atoms. The molecule has 0 amide bonds. The molecule has 238 valence electrons. The Morgan fingerprint density at radius 2 is 1.10 bits per heavy atom. The summed E-state index contributed by atoms with van der Waals surface area (Å²) in [5.41, 5.74) is 6.84. The Labute approximate surface area is 295 Å². The van der Waals surface area contributed by atoms with Crippen molar-refractivity contribution in [3.8, 4) is 34.4 Å².